The van der Waals surface area contributed by atoms with Crippen molar-refractivity contribution in [2.75, 3.05) is 13.2 Å². The van der Waals surface area contributed by atoms with Gasteiger partial charge in [0.15, 0.2) is 6.10 Å². The normalized spacial score (nSPS) is 22.9. The molecule has 0 aromatic carbocycles. The van der Waals surface area contributed by atoms with E-state index in [1.165, 1.54) is 6.92 Å². The maximum atomic E-state index is 11.6. The molecule has 0 spiro atoms. The molecule has 1 aromatic rings. The van der Waals surface area contributed by atoms with Gasteiger partial charge in [0.25, 0.3) is 0 Å². The highest BCUT2D eigenvalue weighted by molar-refractivity contribution is 5.84. The van der Waals surface area contributed by atoms with Gasteiger partial charge in [0.2, 0.25) is 11.7 Å². The van der Waals surface area contributed by atoms with Crippen LogP contribution in [0.25, 0.3) is 0 Å². The lowest BCUT2D eigenvalue weighted by atomic mass is 9.93. The smallest absolute Gasteiger partial charge is 0.370 e. The highest BCUT2D eigenvalue weighted by Gasteiger charge is 2.44. The van der Waals surface area contributed by atoms with Crippen LogP contribution < -0.4 is 5.32 Å². The van der Waals surface area contributed by atoms with Gasteiger partial charge >= 0.3 is 5.97 Å². The van der Waals surface area contributed by atoms with Crippen LogP contribution in [0.4, 0.5) is 0 Å². The third-order valence-corrected chi connectivity index (χ3v) is 4.03. The number of nitrogens with one attached hydrogen (secondary N) is 1. The van der Waals surface area contributed by atoms with Gasteiger partial charge in [0, 0.05) is 24.9 Å². The van der Waals surface area contributed by atoms with E-state index in [0.29, 0.717) is 5.56 Å². The number of carboxylic acids is 1. The van der Waals surface area contributed by atoms with Crippen molar-refractivity contribution < 1.29 is 39.5 Å². The first-order valence-corrected chi connectivity index (χ1v) is 8.69. The molecular formula is C19H22N2O8. The molecule has 1 amide bonds. The van der Waals surface area contributed by atoms with Gasteiger partial charge in [-0.2, -0.15) is 0 Å². The molecule has 10 nitrogen and oxygen atoms in total. The van der Waals surface area contributed by atoms with E-state index >= 15 is 0 Å². The van der Waals surface area contributed by atoms with Crippen LogP contribution in [-0.2, 0) is 19.1 Å². The number of aromatic nitrogens is 1. The van der Waals surface area contributed by atoms with E-state index in [9.17, 15) is 24.9 Å². The van der Waals surface area contributed by atoms with Crippen LogP contribution in [0.2, 0.25) is 0 Å². The Hall–Kier alpha value is -2.97. The van der Waals surface area contributed by atoms with Crippen LogP contribution in [0.1, 0.15) is 12.5 Å². The highest BCUT2D eigenvalue weighted by atomic mass is 16.5. The van der Waals surface area contributed by atoms with E-state index in [0.717, 1.165) is 6.08 Å². The second-order valence-corrected chi connectivity index (χ2v) is 6.20. The van der Waals surface area contributed by atoms with Crippen molar-refractivity contribution in [2.45, 2.75) is 37.4 Å². The first kappa shape index (κ1) is 22.3. The Labute approximate surface area is 166 Å². The van der Waals surface area contributed by atoms with Gasteiger partial charge < -0.3 is 35.2 Å². The minimum Gasteiger partial charge on any atom is -0.478 e. The van der Waals surface area contributed by atoms with Crippen molar-refractivity contribution in [1.82, 2.24) is 10.3 Å². The summed E-state index contributed by atoms with van der Waals surface area (Å²) in [5.41, 5.74) is 0.655. The van der Waals surface area contributed by atoms with Gasteiger partial charge in [-0.1, -0.05) is 11.8 Å². The Balaban J connectivity index is 2.23. The number of carboxylic acid groups (broad SMARTS) is 1. The van der Waals surface area contributed by atoms with E-state index < -0.39 is 54.7 Å². The Morgan fingerprint density at radius 3 is 2.76 bits per heavy atom. The Morgan fingerprint density at radius 1 is 1.41 bits per heavy atom. The molecule has 1 aliphatic rings. The van der Waals surface area contributed by atoms with Gasteiger partial charge in [0.05, 0.1) is 12.6 Å². The number of hydrogen-bond acceptors (Lipinski definition) is 8. The monoisotopic (exact) mass is 406 g/mol. The molecule has 1 aliphatic heterocycles. The predicted molar refractivity (Wildman–Crippen MR) is 98.2 cm³/mol. The van der Waals surface area contributed by atoms with E-state index in [-0.39, 0.29) is 6.61 Å². The summed E-state index contributed by atoms with van der Waals surface area (Å²) in [5, 5.41) is 40.9. The molecule has 1 aromatic heterocycles. The van der Waals surface area contributed by atoms with E-state index in [1.807, 2.05) is 0 Å². The molecule has 0 aliphatic carbocycles. The molecule has 2 rings (SSSR count). The average Bonchev–Trinajstić information content (AvgIpc) is 2.71. The highest BCUT2D eigenvalue weighted by Crippen LogP contribution is 2.24. The molecule has 156 valence electrons. The molecule has 29 heavy (non-hydrogen) atoms. The molecule has 0 fully saturated rings. The first-order valence-electron chi connectivity index (χ1n) is 8.69. The van der Waals surface area contributed by atoms with Crippen molar-refractivity contribution in [3.05, 3.63) is 41.9 Å². The number of nitrogens with zero attached hydrogens (tertiary/aromatic N) is 1. The molecule has 10 heteroatoms. The SMILES string of the molecule is CC(=O)N[C@H]1[C@@H]([C@H](O)[C@H](O)CO)OC(C(=O)O)=C[C@@H]1OCC#Cc1cccnc1. The van der Waals surface area contributed by atoms with Crippen molar-refractivity contribution in [1.29, 1.82) is 0 Å². The summed E-state index contributed by atoms with van der Waals surface area (Å²) in [5.74, 6) is 3.14. The maximum absolute atomic E-state index is 11.6. The molecule has 5 N–H and O–H groups in total. The summed E-state index contributed by atoms with van der Waals surface area (Å²) in [7, 11) is 0. The van der Waals surface area contributed by atoms with E-state index in [1.54, 1.807) is 24.5 Å². The number of ether oxygens (including phenoxy) is 2. The Bertz CT molecular complexity index is 801. The topological polar surface area (TPSA) is 158 Å². The average molecular weight is 406 g/mol. The third kappa shape index (κ3) is 6.27. The van der Waals surface area contributed by atoms with E-state index in [2.05, 4.69) is 22.1 Å². The number of rotatable bonds is 7. The molecule has 0 radical (unpaired) electrons. The number of hydrogen-bond donors (Lipinski definition) is 5. The summed E-state index contributed by atoms with van der Waals surface area (Å²) in [6, 6.07) is 2.43. The van der Waals surface area contributed by atoms with Crippen LogP contribution in [0.5, 0.6) is 0 Å². The van der Waals surface area contributed by atoms with Crippen molar-refractivity contribution in [2.24, 2.45) is 0 Å². The number of carbonyl (C=O) groups excluding carboxylic acids is 1. The number of amides is 1. The van der Waals surface area contributed by atoms with Gasteiger partial charge in [-0.3, -0.25) is 9.78 Å². The third-order valence-electron chi connectivity index (χ3n) is 4.03. The Kier molecular flexibility index (Phi) is 8.11. The molecule has 0 bridgehead atoms. The second kappa shape index (κ2) is 10.5. The molecule has 0 unspecified atom stereocenters. The molecule has 5 atom stereocenters. The lowest BCUT2D eigenvalue weighted by Crippen LogP contribution is -2.60. The van der Waals surface area contributed by atoms with Crippen LogP contribution in [0.15, 0.2) is 36.4 Å². The minimum absolute atomic E-state index is 0.121. The molecular weight excluding hydrogens is 384 g/mol. The number of pyridine rings is 1. The van der Waals surface area contributed by atoms with Crippen LogP contribution in [-0.4, -0.2) is 81.0 Å². The zero-order chi connectivity index (χ0) is 21.4. The standard InChI is InChI=1S/C19H22N2O8/c1-11(23)21-16-14(28-7-3-5-12-4-2-6-20-9-12)8-15(19(26)27)29-18(16)17(25)13(24)10-22/h2,4,6,8-9,13-14,16-18,22,24-25H,7,10H2,1H3,(H,21,23)(H,26,27)/t13-,14+,16-,17-,18+/m1/s1. The lowest BCUT2D eigenvalue weighted by Gasteiger charge is -2.39. The van der Waals surface area contributed by atoms with Gasteiger partial charge in [0.1, 0.15) is 24.9 Å². The lowest BCUT2D eigenvalue weighted by molar-refractivity contribution is -0.151. The van der Waals surface area contributed by atoms with Crippen LogP contribution >= 0.6 is 0 Å². The van der Waals surface area contributed by atoms with Crippen molar-refractivity contribution in [3.63, 3.8) is 0 Å². The van der Waals surface area contributed by atoms with Gasteiger partial charge in [-0.15, -0.1) is 0 Å². The van der Waals surface area contributed by atoms with Crippen molar-refractivity contribution >= 4 is 11.9 Å². The number of aliphatic hydroxyl groups is 3. The fraction of sp³-hybridized carbons (Fsp3) is 0.421. The fourth-order valence-electron chi connectivity index (χ4n) is 2.69. The quantitative estimate of drug-likeness (QED) is 0.336. The molecule has 2 heterocycles. The fourth-order valence-corrected chi connectivity index (χ4v) is 2.69. The van der Waals surface area contributed by atoms with Crippen LogP contribution in [0.3, 0.4) is 0 Å². The molecule has 0 saturated carbocycles. The summed E-state index contributed by atoms with van der Waals surface area (Å²) in [6.45, 7) is 0.314. The zero-order valence-electron chi connectivity index (χ0n) is 15.6. The summed E-state index contributed by atoms with van der Waals surface area (Å²) < 4.78 is 10.9. The number of aliphatic carboxylic acids is 1. The first-order chi connectivity index (χ1) is 13.8. The van der Waals surface area contributed by atoms with Gasteiger partial charge in [-0.25, -0.2) is 4.79 Å². The number of aliphatic hydroxyl groups excluding tert-OH is 3. The largest absolute Gasteiger partial charge is 0.478 e. The maximum Gasteiger partial charge on any atom is 0.370 e. The second-order valence-electron chi connectivity index (χ2n) is 6.20. The van der Waals surface area contributed by atoms with E-state index in [4.69, 9.17) is 14.6 Å². The number of carbonyl (C=O) groups is 2. The zero-order valence-corrected chi connectivity index (χ0v) is 15.6. The summed E-state index contributed by atoms with van der Waals surface area (Å²) >= 11 is 0. The minimum atomic E-state index is -1.69. The Morgan fingerprint density at radius 2 is 2.17 bits per heavy atom. The molecule has 0 saturated heterocycles. The van der Waals surface area contributed by atoms with Gasteiger partial charge in [-0.05, 0) is 18.2 Å². The predicted octanol–water partition coefficient (Wildman–Crippen LogP) is -1.60. The van der Waals surface area contributed by atoms with Crippen molar-refractivity contribution in [3.8, 4) is 11.8 Å². The van der Waals surface area contributed by atoms with Crippen LogP contribution in [0, 0.1) is 11.8 Å². The summed E-state index contributed by atoms with van der Waals surface area (Å²) in [6.07, 6.45) is -1.40. The summed E-state index contributed by atoms with van der Waals surface area (Å²) in [4.78, 5) is 26.9.